The molecule has 3 nitrogen and oxygen atoms in total. The summed E-state index contributed by atoms with van der Waals surface area (Å²) in [4.78, 5) is 0. The fourth-order valence-electron chi connectivity index (χ4n) is 1.94. The Kier molecular flexibility index (Phi) is 2.69. The number of benzene rings is 1. The van der Waals surface area contributed by atoms with E-state index in [1.165, 1.54) is 16.7 Å². The number of aromatic nitrogens is 2. The van der Waals surface area contributed by atoms with Gasteiger partial charge in [-0.3, -0.25) is 4.68 Å². The molecule has 3 heteroatoms. The van der Waals surface area contributed by atoms with Crippen molar-refractivity contribution in [3.05, 3.63) is 35.4 Å². The van der Waals surface area contributed by atoms with E-state index >= 15 is 0 Å². The predicted molar refractivity (Wildman–Crippen MR) is 67.7 cm³/mol. The molecule has 0 radical (unpaired) electrons. The SMILES string of the molecule is CNc1cc(-c2ccc(C)cc2C)n(C)n1. The third-order valence-electron chi connectivity index (χ3n) is 2.79. The molecule has 0 bridgehead atoms. The van der Waals surface area contributed by atoms with Crippen LogP contribution in [0.2, 0.25) is 0 Å². The number of aryl methyl sites for hydroxylation is 3. The van der Waals surface area contributed by atoms with Crippen LogP contribution in [-0.4, -0.2) is 16.8 Å². The third kappa shape index (κ3) is 1.81. The highest BCUT2D eigenvalue weighted by atomic mass is 15.3. The number of anilines is 1. The monoisotopic (exact) mass is 215 g/mol. The molecule has 0 aliphatic carbocycles. The highest BCUT2D eigenvalue weighted by Gasteiger charge is 2.08. The van der Waals surface area contributed by atoms with Gasteiger partial charge in [0.1, 0.15) is 5.82 Å². The van der Waals surface area contributed by atoms with Crippen molar-refractivity contribution >= 4 is 5.82 Å². The molecule has 0 saturated heterocycles. The summed E-state index contributed by atoms with van der Waals surface area (Å²) in [5.41, 5.74) is 4.95. The molecule has 1 heterocycles. The second-order valence-corrected chi connectivity index (χ2v) is 4.11. The lowest BCUT2D eigenvalue weighted by molar-refractivity contribution is 0.778. The number of nitrogens with zero attached hydrogens (tertiary/aromatic N) is 2. The number of nitrogens with one attached hydrogen (secondary N) is 1. The van der Waals surface area contributed by atoms with E-state index in [9.17, 15) is 0 Å². The van der Waals surface area contributed by atoms with Crippen LogP contribution in [0.25, 0.3) is 11.3 Å². The minimum Gasteiger partial charge on any atom is -0.372 e. The summed E-state index contributed by atoms with van der Waals surface area (Å²) < 4.78 is 1.91. The maximum atomic E-state index is 4.37. The molecule has 0 atom stereocenters. The molecule has 0 aliphatic heterocycles. The highest BCUT2D eigenvalue weighted by Crippen LogP contribution is 2.25. The first-order valence-electron chi connectivity index (χ1n) is 5.41. The Labute approximate surface area is 96.1 Å². The summed E-state index contributed by atoms with van der Waals surface area (Å²) in [7, 11) is 3.85. The fraction of sp³-hybridized carbons (Fsp3) is 0.308. The third-order valence-corrected chi connectivity index (χ3v) is 2.79. The molecule has 0 amide bonds. The van der Waals surface area contributed by atoms with Crippen LogP contribution in [0.3, 0.4) is 0 Å². The van der Waals surface area contributed by atoms with Gasteiger partial charge in [-0.1, -0.05) is 23.8 Å². The molecule has 1 N–H and O–H groups in total. The molecule has 2 aromatic rings. The van der Waals surface area contributed by atoms with Crippen molar-refractivity contribution in [3.63, 3.8) is 0 Å². The van der Waals surface area contributed by atoms with Gasteiger partial charge < -0.3 is 5.32 Å². The lowest BCUT2D eigenvalue weighted by Crippen LogP contribution is -1.96. The van der Waals surface area contributed by atoms with Gasteiger partial charge in [0.05, 0.1) is 5.69 Å². The van der Waals surface area contributed by atoms with Crippen molar-refractivity contribution in [1.82, 2.24) is 9.78 Å². The van der Waals surface area contributed by atoms with Gasteiger partial charge in [-0.05, 0) is 19.4 Å². The van der Waals surface area contributed by atoms with E-state index in [2.05, 4.69) is 48.5 Å². The topological polar surface area (TPSA) is 29.9 Å². The van der Waals surface area contributed by atoms with Gasteiger partial charge in [0, 0.05) is 25.7 Å². The summed E-state index contributed by atoms with van der Waals surface area (Å²) in [6.45, 7) is 4.24. The van der Waals surface area contributed by atoms with Crippen molar-refractivity contribution in [2.24, 2.45) is 7.05 Å². The molecule has 1 aromatic carbocycles. The van der Waals surface area contributed by atoms with E-state index < -0.39 is 0 Å². The molecular weight excluding hydrogens is 198 g/mol. The Bertz CT molecular complexity index is 512. The Morgan fingerprint density at radius 2 is 1.94 bits per heavy atom. The van der Waals surface area contributed by atoms with E-state index in [4.69, 9.17) is 0 Å². The van der Waals surface area contributed by atoms with E-state index in [1.54, 1.807) is 0 Å². The second kappa shape index (κ2) is 4.00. The van der Waals surface area contributed by atoms with Crippen LogP contribution >= 0.6 is 0 Å². The number of rotatable bonds is 2. The average Bonchev–Trinajstić information content (AvgIpc) is 2.60. The lowest BCUT2D eigenvalue weighted by atomic mass is 10.0. The minimum absolute atomic E-state index is 0.900. The molecule has 2 rings (SSSR count). The zero-order valence-electron chi connectivity index (χ0n) is 10.2. The zero-order chi connectivity index (χ0) is 11.7. The highest BCUT2D eigenvalue weighted by molar-refractivity contribution is 5.67. The first kappa shape index (κ1) is 10.7. The number of hydrogen-bond donors (Lipinski definition) is 1. The summed E-state index contributed by atoms with van der Waals surface area (Å²) >= 11 is 0. The summed E-state index contributed by atoms with van der Waals surface area (Å²) in [5.74, 6) is 0.900. The second-order valence-electron chi connectivity index (χ2n) is 4.11. The molecule has 84 valence electrons. The van der Waals surface area contributed by atoms with Crippen molar-refractivity contribution in [3.8, 4) is 11.3 Å². The molecule has 16 heavy (non-hydrogen) atoms. The Morgan fingerprint density at radius 1 is 1.19 bits per heavy atom. The van der Waals surface area contributed by atoms with Crippen LogP contribution < -0.4 is 5.32 Å². The first-order chi connectivity index (χ1) is 7.61. The van der Waals surface area contributed by atoms with Crippen molar-refractivity contribution in [1.29, 1.82) is 0 Å². The van der Waals surface area contributed by atoms with Crippen molar-refractivity contribution in [2.45, 2.75) is 13.8 Å². The van der Waals surface area contributed by atoms with Crippen LogP contribution in [0.15, 0.2) is 24.3 Å². The van der Waals surface area contributed by atoms with E-state index in [1.807, 2.05) is 18.8 Å². The van der Waals surface area contributed by atoms with Gasteiger partial charge in [0.15, 0.2) is 0 Å². The summed E-state index contributed by atoms with van der Waals surface area (Å²) in [6, 6.07) is 8.55. The lowest BCUT2D eigenvalue weighted by Gasteiger charge is -2.06. The zero-order valence-corrected chi connectivity index (χ0v) is 10.2. The van der Waals surface area contributed by atoms with Crippen LogP contribution in [-0.2, 0) is 7.05 Å². The molecule has 0 saturated carbocycles. The van der Waals surface area contributed by atoms with E-state index in [-0.39, 0.29) is 0 Å². The Hall–Kier alpha value is -1.77. The van der Waals surface area contributed by atoms with Crippen molar-refractivity contribution in [2.75, 3.05) is 12.4 Å². The molecule has 0 unspecified atom stereocenters. The van der Waals surface area contributed by atoms with E-state index in [0.29, 0.717) is 0 Å². The van der Waals surface area contributed by atoms with Crippen LogP contribution in [0, 0.1) is 13.8 Å². The van der Waals surface area contributed by atoms with E-state index in [0.717, 1.165) is 11.5 Å². The fourth-order valence-corrected chi connectivity index (χ4v) is 1.94. The Morgan fingerprint density at radius 3 is 2.50 bits per heavy atom. The van der Waals surface area contributed by atoms with Gasteiger partial charge in [0.2, 0.25) is 0 Å². The summed E-state index contributed by atoms with van der Waals surface area (Å²) in [5, 5.41) is 7.43. The normalized spacial score (nSPS) is 10.5. The Balaban J connectivity index is 2.53. The van der Waals surface area contributed by atoms with Crippen molar-refractivity contribution < 1.29 is 0 Å². The van der Waals surface area contributed by atoms with Crippen LogP contribution in [0.4, 0.5) is 5.82 Å². The maximum absolute atomic E-state index is 4.37. The molecule has 0 fully saturated rings. The first-order valence-corrected chi connectivity index (χ1v) is 5.41. The minimum atomic E-state index is 0.900. The number of hydrogen-bond acceptors (Lipinski definition) is 2. The smallest absolute Gasteiger partial charge is 0.148 e. The summed E-state index contributed by atoms with van der Waals surface area (Å²) in [6.07, 6.45) is 0. The van der Waals surface area contributed by atoms with Gasteiger partial charge in [0.25, 0.3) is 0 Å². The van der Waals surface area contributed by atoms with Gasteiger partial charge in [-0.2, -0.15) is 5.10 Å². The van der Waals surface area contributed by atoms with Crippen LogP contribution in [0.5, 0.6) is 0 Å². The molecule has 1 aromatic heterocycles. The maximum Gasteiger partial charge on any atom is 0.148 e. The van der Waals surface area contributed by atoms with Gasteiger partial charge in [-0.15, -0.1) is 0 Å². The molecule has 0 aliphatic rings. The largest absolute Gasteiger partial charge is 0.372 e. The average molecular weight is 215 g/mol. The predicted octanol–water partition coefficient (Wildman–Crippen LogP) is 2.75. The molecular formula is C13H17N3. The quantitative estimate of drug-likeness (QED) is 0.834. The van der Waals surface area contributed by atoms with Gasteiger partial charge in [-0.25, -0.2) is 0 Å². The molecule has 0 spiro atoms. The standard InChI is InChI=1S/C13H17N3/c1-9-5-6-11(10(2)7-9)12-8-13(14-3)15-16(12)4/h5-8H,1-4H3,(H,14,15). The van der Waals surface area contributed by atoms with Gasteiger partial charge >= 0.3 is 0 Å². The van der Waals surface area contributed by atoms with Crippen LogP contribution in [0.1, 0.15) is 11.1 Å².